The zero-order valence-electron chi connectivity index (χ0n) is 14.4. The maximum absolute atomic E-state index is 12.5. The Morgan fingerprint density at radius 3 is 2.96 bits per heavy atom. The third-order valence-corrected chi connectivity index (χ3v) is 6.87. The SMILES string of the molecule is CC(NC(=O)c1csc(CN2CCOCC2)n1)C1CC2CCC1C2. The van der Waals surface area contributed by atoms with Crippen molar-refractivity contribution in [1.82, 2.24) is 15.2 Å². The van der Waals surface area contributed by atoms with E-state index in [2.05, 4.69) is 22.1 Å². The Labute approximate surface area is 147 Å². The number of amides is 1. The minimum absolute atomic E-state index is 0.00486. The monoisotopic (exact) mass is 349 g/mol. The van der Waals surface area contributed by atoms with Gasteiger partial charge in [-0.1, -0.05) is 6.42 Å². The van der Waals surface area contributed by atoms with Crippen LogP contribution in [0.1, 0.15) is 48.1 Å². The summed E-state index contributed by atoms with van der Waals surface area (Å²) in [6.45, 7) is 6.47. The van der Waals surface area contributed by atoms with Crippen molar-refractivity contribution in [1.29, 1.82) is 0 Å². The molecule has 1 saturated heterocycles. The van der Waals surface area contributed by atoms with Crippen molar-refractivity contribution in [3.8, 4) is 0 Å². The first kappa shape index (κ1) is 16.5. The topological polar surface area (TPSA) is 54.5 Å². The Balaban J connectivity index is 1.31. The molecule has 4 rings (SSSR count). The average Bonchev–Trinajstić information content (AvgIpc) is 3.32. The van der Waals surface area contributed by atoms with Gasteiger partial charge < -0.3 is 10.1 Å². The molecule has 1 amide bonds. The summed E-state index contributed by atoms with van der Waals surface area (Å²) in [5.74, 6) is 2.41. The third-order valence-electron chi connectivity index (χ3n) is 6.04. The van der Waals surface area contributed by atoms with Crippen molar-refractivity contribution in [2.24, 2.45) is 17.8 Å². The van der Waals surface area contributed by atoms with Gasteiger partial charge in [-0.25, -0.2) is 4.98 Å². The van der Waals surface area contributed by atoms with E-state index in [0.717, 1.165) is 49.7 Å². The fraction of sp³-hybridized carbons (Fsp3) is 0.778. The van der Waals surface area contributed by atoms with E-state index in [1.54, 1.807) is 11.3 Å². The Kier molecular flexibility index (Phi) is 4.88. The molecule has 3 fully saturated rings. The van der Waals surface area contributed by atoms with Gasteiger partial charge in [-0.15, -0.1) is 11.3 Å². The molecule has 1 aromatic heterocycles. The standard InChI is InChI=1S/C18H27N3O2S/c1-12(15-9-13-2-3-14(15)8-13)19-18(22)16-11-24-17(20-16)10-21-4-6-23-7-5-21/h11-15H,2-10H2,1H3,(H,19,22). The van der Waals surface area contributed by atoms with Crippen molar-refractivity contribution >= 4 is 17.2 Å². The highest BCUT2D eigenvalue weighted by atomic mass is 32.1. The number of carbonyl (C=O) groups is 1. The smallest absolute Gasteiger partial charge is 0.270 e. The minimum atomic E-state index is -0.00486. The lowest BCUT2D eigenvalue weighted by Crippen LogP contribution is -2.40. The molecule has 2 bridgehead atoms. The van der Waals surface area contributed by atoms with Gasteiger partial charge in [0.15, 0.2) is 0 Å². The molecule has 4 unspecified atom stereocenters. The van der Waals surface area contributed by atoms with Crippen LogP contribution in [0.15, 0.2) is 5.38 Å². The fourth-order valence-corrected chi connectivity index (χ4v) is 5.55. The second kappa shape index (κ2) is 7.10. The second-order valence-electron chi connectivity index (χ2n) is 7.62. The van der Waals surface area contributed by atoms with Gasteiger partial charge in [-0.3, -0.25) is 9.69 Å². The van der Waals surface area contributed by atoms with Crippen LogP contribution in [-0.4, -0.2) is 48.1 Å². The molecular formula is C18H27N3O2S. The third kappa shape index (κ3) is 3.51. The fourth-order valence-electron chi connectivity index (χ4n) is 4.73. The summed E-state index contributed by atoms with van der Waals surface area (Å²) in [6, 6.07) is 0.261. The van der Waals surface area contributed by atoms with E-state index >= 15 is 0 Å². The number of hydrogen-bond acceptors (Lipinski definition) is 5. The molecule has 2 saturated carbocycles. The molecule has 2 aliphatic carbocycles. The molecule has 24 heavy (non-hydrogen) atoms. The van der Waals surface area contributed by atoms with Gasteiger partial charge in [-0.2, -0.15) is 0 Å². The van der Waals surface area contributed by atoms with E-state index in [1.165, 1.54) is 25.7 Å². The molecule has 0 spiro atoms. The highest BCUT2D eigenvalue weighted by molar-refractivity contribution is 7.09. The van der Waals surface area contributed by atoms with Gasteiger partial charge >= 0.3 is 0 Å². The van der Waals surface area contributed by atoms with Crippen LogP contribution in [0.3, 0.4) is 0 Å². The summed E-state index contributed by atoms with van der Waals surface area (Å²) in [6.07, 6.45) is 5.44. The summed E-state index contributed by atoms with van der Waals surface area (Å²) in [5.41, 5.74) is 0.582. The van der Waals surface area contributed by atoms with E-state index in [-0.39, 0.29) is 11.9 Å². The molecule has 0 radical (unpaired) electrons. The summed E-state index contributed by atoms with van der Waals surface area (Å²) >= 11 is 1.59. The highest BCUT2D eigenvalue weighted by Crippen LogP contribution is 2.49. The number of aromatic nitrogens is 1. The maximum atomic E-state index is 12.5. The lowest BCUT2D eigenvalue weighted by Gasteiger charge is -2.28. The summed E-state index contributed by atoms with van der Waals surface area (Å²) in [4.78, 5) is 19.4. The van der Waals surface area contributed by atoms with Crippen molar-refractivity contribution < 1.29 is 9.53 Å². The summed E-state index contributed by atoms with van der Waals surface area (Å²) < 4.78 is 5.37. The molecule has 3 aliphatic rings. The summed E-state index contributed by atoms with van der Waals surface area (Å²) in [5, 5.41) is 6.14. The number of fused-ring (bicyclic) bond motifs is 2. The molecule has 132 valence electrons. The van der Waals surface area contributed by atoms with E-state index in [4.69, 9.17) is 4.74 Å². The minimum Gasteiger partial charge on any atom is -0.379 e. The Bertz CT molecular complexity index is 585. The predicted molar refractivity (Wildman–Crippen MR) is 94.1 cm³/mol. The van der Waals surface area contributed by atoms with Crippen LogP contribution in [0.25, 0.3) is 0 Å². The number of thiazole rings is 1. The van der Waals surface area contributed by atoms with E-state index in [0.29, 0.717) is 11.6 Å². The number of hydrogen-bond donors (Lipinski definition) is 1. The Morgan fingerprint density at radius 2 is 2.25 bits per heavy atom. The normalized spacial score (nSPS) is 31.3. The lowest BCUT2D eigenvalue weighted by atomic mass is 9.84. The van der Waals surface area contributed by atoms with Crippen molar-refractivity contribution in [3.63, 3.8) is 0 Å². The molecule has 1 N–H and O–H groups in total. The van der Waals surface area contributed by atoms with Crippen LogP contribution in [0.4, 0.5) is 0 Å². The molecule has 1 aromatic rings. The number of ether oxygens (including phenoxy) is 1. The molecule has 0 aromatic carbocycles. The van der Waals surface area contributed by atoms with Crippen LogP contribution < -0.4 is 5.32 Å². The van der Waals surface area contributed by atoms with Crippen LogP contribution >= 0.6 is 11.3 Å². The molecule has 4 atom stereocenters. The Hall–Kier alpha value is -0.980. The molecule has 1 aliphatic heterocycles. The molecule has 2 heterocycles. The number of nitrogens with one attached hydrogen (secondary N) is 1. The lowest BCUT2D eigenvalue weighted by molar-refractivity contribution is 0.0341. The average molecular weight is 350 g/mol. The van der Waals surface area contributed by atoms with Crippen molar-refractivity contribution in [2.75, 3.05) is 26.3 Å². The van der Waals surface area contributed by atoms with E-state index in [9.17, 15) is 4.79 Å². The molecule has 6 heteroatoms. The van der Waals surface area contributed by atoms with Crippen LogP contribution in [0.2, 0.25) is 0 Å². The maximum Gasteiger partial charge on any atom is 0.270 e. The zero-order valence-corrected chi connectivity index (χ0v) is 15.2. The largest absolute Gasteiger partial charge is 0.379 e. The van der Waals surface area contributed by atoms with Gasteiger partial charge in [-0.05, 0) is 43.9 Å². The number of nitrogens with zero attached hydrogens (tertiary/aromatic N) is 2. The molecule has 5 nitrogen and oxygen atoms in total. The second-order valence-corrected chi connectivity index (χ2v) is 8.56. The van der Waals surface area contributed by atoms with Crippen LogP contribution in [0, 0.1) is 17.8 Å². The van der Waals surface area contributed by atoms with Crippen molar-refractivity contribution in [2.45, 2.75) is 45.2 Å². The van der Waals surface area contributed by atoms with Crippen molar-refractivity contribution in [3.05, 3.63) is 16.1 Å². The summed E-state index contributed by atoms with van der Waals surface area (Å²) in [7, 11) is 0. The zero-order chi connectivity index (χ0) is 16.5. The van der Waals surface area contributed by atoms with Gasteiger partial charge in [0.2, 0.25) is 0 Å². The van der Waals surface area contributed by atoms with E-state index in [1.807, 2.05) is 5.38 Å². The number of morpholine rings is 1. The molecular weight excluding hydrogens is 322 g/mol. The predicted octanol–water partition coefficient (Wildman–Crippen LogP) is 2.53. The quantitative estimate of drug-likeness (QED) is 0.887. The van der Waals surface area contributed by atoms with Crippen LogP contribution in [-0.2, 0) is 11.3 Å². The first-order chi connectivity index (χ1) is 11.7. The van der Waals surface area contributed by atoms with Gasteiger partial charge in [0, 0.05) is 24.5 Å². The first-order valence-corrected chi connectivity index (χ1v) is 10.1. The number of rotatable bonds is 5. The van der Waals surface area contributed by atoms with Crippen LogP contribution in [0.5, 0.6) is 0 Å². The first-order valence-electron chi connectivity index (χ1n) is 9.24. The highest BCUT2D eigenvalue weighted by Gasteiger charge is 2.42. The van der Waals surface area contributed by atoms with Gasteiger partial charge in [0.25, 0.3) is 5.91 Å². The van der Waals surface area contributed by atoms with Gasteiger partial charge in [0.05, 0.1) is 19.8 Å². The number of carbonyl (C=O) groups excluding carboxylic acids is 1. The Morgan fingerprint density at radius 1 is 1.42 bits per heavy atom. The van der Waals surface area contributed by atoms with Gasteiger partial charge in [0.1, 0.15) is 10.7 Å². The van der Waals surface area contributed by atoms with E-state index < -0.39 is 0 Å².